The van der Waals surface area contributed by atoms with Crippen molar-refractivity contribution in [3.63, 3.8) is 0 Å². The van der Waals surface area contributed by atoms with Gasteiger partial charge in [-0.1, -0.05) is 0 Å². The van der Waals surface area contributed by atoms with Crippen LogP contribution in [0.4, 0.5) is 0 Å². The van der Waals surface area contributed by atoms with E-state index in [0.717, 1.165) is 12.8 Å². The molecule has 2 heteroatoms. The third-order valence-electron chi connectivity index (χ3n) is 2.40. The quantitative estimate of drug-likeness (QED) is 0.445. The molecule has 0 saturated heterocycles. The Morgan fingerprint density at radius 3 is 1.67 bits per heavy atom. The van der Waals surface area contributed by atoms with Crippen molar-refractivity contribution < 1.29 is 9.59 Å². The topological polar surface area (TPSA) is 34.1 Å². The van der Waals surface area contributed by atoms with E-state index in [-0.39, 0.29) is 11.6 Å². The number of hydrogen-bond acceptors (Lipinski definition) is 2. The molecule has 0 aromatic rings. The van der Waals surface area contributed by atoms with Crippen molar-refractivity contribution in [2.45, 2.75) is 25.7 Å². The van der Waals surface area contributed by atoms with Gasteiger partial charge in [0.05, 0.1) is 5.41 Å². The third kappa shape index (κ3) is 0.460. The maximum atomic E-state index is 10.9. The molecule has 2 nitrogen and oxygen atoms in total. The highest BCUT2D eigenvalue weighted by molar-refractivity contribution is 6.15. The largest absolute Gasteiger partial charge is 0.299 e. The van der Waals surface area contributed by atoms with E-state index in [0.29, 0.717) is 12.8 Å². The lowest BCUT2D eigenvalue weighted by atomic mass is 10.0. The number of carbonyl (C=O) groups is 2. The summed E-state index contributed by atoms with van der Waals surface area (Å²) in [7, 11) is 0. The Balaban J connectivity index is 2.37. The van der Waals surface area contributed by atoms with E-state index in [1.165, 1.54) is 0 Å². The Morgan fingerprint density at radius 2 is 1.44 bits per heavy atom. The molecule has 2 aliphatic rings. The molecule has 0 aromatic carbocycles. The van der Waals surface area contributed by atoms with Crippen molar-refractivity contribution in [1.82, 2.24) is 0 Å². The lowest BCUT2D eigenvalue weighted by Crippen LogP contribution is -2.14. The van der Waals surface area contributed by atoms with E-state index in [4.69, 9.17) is 0 Å². The van der Waals surface area contributed by atoms with Gasteiger partial charge in [-0.25, -0.2) is 0 Å². The van der Waals surface area contributed by atoms with E-state index >= 15 is 0 Å². The molecule has 2 fully saturated rings. The van der Waals surface area contributed by atoms with Crippen molar-refractivity contribution >= 4 is 11.6 Å². The molecule has 1 spiro atoms. The van der Waals surface area contributed by atoms with E-state index in [1.54, 1.807) is 0 Å². The first-order valence-electron chi connectivity index (χ1n) is 3.32. The van der Waals surface area contributed by atoms with Crippen molar-refractivity contribution in [1.29, 1.82) is 0 Å². The molecule has 2 aliphatic carbocycles. The monoisotopic (exact) mass is 124 g/mol. The summed E-state index contributed by atoms with van der Waals surface area (Å²) >= 11 is 0. The molecular weight excluding hydrogens is 116 g/mol. The predicted octanol–water partition coefficient (Wildman–Crippen LogP) is 0.699. The molecule has 0 radical (unpaired) electrons. The van der Waals surface area contributed by atoms with Gasteiger partial charge in [-0.15, -0.1) is 0 Å². The number of Topliss-reactive ketones (excluding diaryl/α,β-unsaturated/α-hetero) is 2. The number of rotatable bonds is 0. The van der Waals surface area contributed by atoms with Crippen LogP contribution in [0, 0.1) is 5.41 Å². The number of carbonyl (C=O) groups excluding carboxylic acids is 2. The minimum Gasteiger partial charge on any atom is -0.299 e. The van der Waals surface area contributed by atoms with E-state index in [2.05, 4.69) is 0 Å². The second kappa shape index (κ2) is 1.25. The molecule has 0 aliphatic heterocycles. The summed E-state index contributed by atoms with van der Waals surface area (Å²) in [4.78, 5) is 21.9. The minimum absolute atomic E-state index is 0.201. The Kier molecular flexibility index (Phi) is 0.718. The number of hydrogen-bond donors (Lipinski definition) is 0. The molecule has 48 valence electrons. The average Bonchev–Trinajstić information content (AvgIpc) is 2.56. The van der Waals surface area contributed by atoms with Crippen LogP contribution in [0.5, 0.6) is 0 Å². The second-order valence-corrected chi connectivity index (χ2v) is 2.93. The summed E-state index contributed by atoms with van der Waals surface area (Å²) in [5, 5.41) is 0. The van der Waals surface area contributed by atoms with Gasteiger partial charge in [-0.2, -0.15) is 0 Å². The minimum atomic E-state index is -0.417. The molecular formula is C7H8O2. The Labute approximate surface area is 53.2 Å². The lowest BCUT2D eigenvalue weighted by Gasteiger charge is -1.96. The summed E-state index contributed by atoms with van der Waals surface area (Å²) in [5.74, 6) is 0.403. The van der Waals surface area contributed by atoms with Crippen LogP contribution in [0.25, 0.3) is 0 Å². The van der Waals surface area contributed by atoms with Crippen molar-refractivity contribution in [2.75, 3.05) is 0 Å². The molecule has 2 rings (SSSR count). The van der Waals surface area contributed by atoms with Gasteiger partial charge < -0.3 is 0 Å². The van der Waals surface area contributed by atoms with E-state index in [1.807, 2.05) is 0 Å². The molecule has 2 saturated carbocycles. The second-order valence-electron chi connectivity index (χ2n) is 2.93. The molecule has 0 atom stereocenters. The van der Waals surface area contributed by atoms with Crippen LogP contribution in [0.1, 0.15) is 25.7 Å². The average molecular weight is 124 g/mol. The summed E-state index contributed by atoms with van der Waals surface area (Å²) in [5.41, 5.74) is -0.417. The molecule has 0 amide bonds. The van der Waals surface area contributed by atoms with Crippen LogP contribution < -0.4 is 0 Å². The van der Waals surface area contributed by atoms with Gasteiger partial charge in [0, 0.05) is 12.8 Å². The van der Waals surface area contributed by atoms with Crippen LogP contribution in [0.2, 0.25) is 0 Å². The highest BCUT2D eigenvalue weighted by Gasteiger charge is 2.58. The van der Waals surface area contributed by atoms with Crippen molar-refractivity contribution in [3.05, 3.63) is 0 Å². The van der Waals surface area contributed by atoms with Gasteiger partial charge in [0.1, 0.15) is 11.6 Å². The van der Waals surface area contributed by atoms with E-state index < -0.39 is 5.41 Å². The third-order valence-corrected chi connectivity index (χ3v) is 2.40. The first kappa shape index (κ1) is 5.15. The molecule has 0 aromatic heterocycles. The normalized spacial score (nSPS) is 29.8. The highest BCUT2D eigenvalue weighted by Crippen LogP contribution is 2.52. The van der Waals surface area contributed by atoms with Gasteiger partial charge in [0.25, 0.3) is 0 Å². The maximum absolute atomic E-state index is 10.9. The zero-order chi connectivity index (χ0) is 6.48. The van der Waals surface area contributed by atoms with E-state index in [9.17, 15) is 9.59 Å². The molecule has 0 bridgehead atoms. The fraction of sp³-hybridized carbons (Fsp3) is 0.714. The molecule has 0 heterocycles. The Bertz CT molecular complexity index is 171. The van der Waals surface area contributed by atoms with Crippen molar-refractivity contribution in [2.24, 2.45) is 5.41 Å². The summed E-state index contributed by atoms with van der Waals surface area (Å²) in [6.45, 7) is 0. The van der Waals surface area contributed by atoms with Crippen LogP contribution in [-0.2, 0) is 9.59 Å². The Morgan fingerprint density at radius 1 is 1.00 bits per heavy atom. The van der Waals surface area contributed by atoms with Gasteiger partial charge >= 0.3 is 0 Å². The summed E-state index contributed by atoms with van der Waals surface area (Å²) in [6.07, 6.45) is 2.70. The van der Waals surface area contributed by atoms with Gasteiger partial charge in [-0.05, 0) is 12.8 Å². The van der Waals surface area contributed by atoms with Crippen LogP contribution >= 0.6 is 0 Å². The fourth-order valence-electron chi connectivity index (χ4n) is 1.54. The maximum Gasteiger partial charge on any atom is 0.146 e. The van der Waals surface area contributed by atoms with Crippen LogP contribution in [0.3, 0.4) is 0 Å². The predicted molar refractivity (Wildman–Crippen MR) is 30.9 cm³/mol. The smallest absolute Gasteiger partial charge is 0.146 e. The molecule has 0 unspecified atom stereocenters. The van der Waals surface area contributed by atoms with Crippen molar-refractivity contribution in [3.8, 4) is 0 Å². The van der Waals surface area contributed by atoms with Gasteiger partial charge in [-0.3, -0.25) is 9.59 Å². The van der Waals surface area contributed by atoms with Gasteiger partial charge in [0.15, 0.2) is 0 Å². The Hall–Kier alpha value is -0.660. The zero-order valence-electron chi connectivity index (χ0n) is 5.14. The fourth-order valence-corrected chi connectivity index (χ4v) is 1.54. The summed E-state index contributed by atoms with van der Waals surface area (Å²) in [6, 6.07) is 0. The number of ketones is 2. The standard InChI is InChI=1S/C7H8O2/c8-5-1-2-6(9)7(5)3-4-7/h1-4H2. The zero-order valence-corrected chi connectivity index (χ0v) is 5.14. The van der Waals surface area contributed by atoms with Crippen LogP contribution in [0.15, 0.2) is 0 Å². The van der Waals surface area contributed by atoms with Gasteiger partial charge in [0.2, 0.25) is 0 Å². The molecule has 9 heavy (non-hydrogen) atoms. The first-order chi connectivity index (χ1) is 4.26. The lowest BCUT2D eigenvalue weighted by molar-refractivity contribution is -0.128. The molecule has 0 N–H and O–H groups in total. The van der Waals surface area contributed by atoms with Crippen LogP contribution in [-0.4, -0.2) is 11.6 Å². The first-order valence-corrected chi connectivity index (χ1v) is 3.32. The SMILES string of the molecule is O=C1CCC(=O)C12CC2. The summed E-state index contributed by atoms with van der Waals surface area (Å²) < 4.78 is 0. The highest BCUT2D eigenvalue weighted by atomic mass is 16.2.